The van der Waals surface area contributed by atoms with Gasteiger partial charge in [0.25, 0.3) is 5.91 Å². The molecule has 6 nitrogen and oxygen atoms in total. The van der Waals surface area contributed by atoms with E-state index in [2.05, 4.69) is 16.0 Å². The summed E-state index contributed by atoms with van der Waals surface area (Å²) in [6.07, 6.45) is 1.70. The van der Waals surface area contributed by atoms with Crippen LogP contribution >= 0.6 is 0 Å². The van der Waals surface area contributed by atoms with Gasteiger partial charge in [0.2, 0.25) is 0 Å². The van der Waals surface area contributed by atoms with Crippen LogP contribution in [-0.2, 0) is 7.05 Å². The van der Waals surface area contributed by atoms with Crippen molar-refractivity contribution in [3.8, 4) is 0 Å². The highest BCUT2D eigenvalue weighted by Crippen LogP contribution is 2.12. The number of rotatable bonds is 4. The number of hydrogen-bond acceptors (Lipinski definition) is 2. The zero-order valence-electron chi connectivity index (χ0n) is 12.1. The van der Waals surface area contributed by atoms with E-state index in [9.17, 15) is 9.59 Å². The number of amides is 3. The molecular weight excluding hydrogens is 244 g/mol. The molecule has 0 bridgehead atoms. The molecule has 3 amide bonds. The van der Waals surface area contributed by atoms with E-state index in [0.717, 1.165) is 0 Å². The van der Waals surface area contributed by atoms with Crippen molar-refractivity contribution in [2.24, 2.45) is 7.05 Å². The highest BCUT2D eigenvalue weighted by Gasteiger charge is 2.13. The van der Waals surface area contributed by atoms with Crippen molar-refractivity contribution >= 4 is 17.6 Å². The molecular formula is C13H22N4O2. The third-order valence-corrected chi connectivity index (χ3v) is 2.33. The highest BCUT2D eigenvalue weighted by molar-refractivity contribution is 5.96. The van der Waals surface area contributed by atoms with Crippen molar-refractivity contribution in [1.82, 2.24) is 15.2 Å². The van der Waals surface area contributed by atoms with Crippen LogP contribution in [0, 0.1) is 0 Å². The van der Waals surface area contributed by atoms with Gasteiger partial charge in [-0.05, 0) is 33.8 Å². The summed E-state index contributed by atoms with van der Waals surface area (Å²) in [7, 11) is 1.76. The molecule has 3 N–H and O–H groups in total. The molecule has 0 radical (unpaired) electrons. The van der Waals surface area contributed by atoms with Gasteiger partial charge in [-0.1, -0.05) is 0 Å². The number of anilines is 1. The average Bonchev–Trinajstić information content (AvgIpc) is 2.56. The molecule has 19 heavy (non-hydrogen) atoms. The van der Waals surface area contributed by atoms with E-state index in [0.29, 0.717) is 11.4 Å². The van der Waals surface area contributed by atoms with Crippen LogP contribution in [0.4, 0.5) is 10.5 Å². The molecule has 0 saturated heterocycles. The van der Waals surface area contributed by atoms with Crippen molar-refractivity contribution in [2.75, 3.05) is 5.32 Å². The fraction of sp³-hybridized carbons (Fsp3) is 0.538. The normalized spacial score (nSPS) is 10.7. The van der Waals surface area contributed by atoms with Crippen molar-refractivity contribution < 1.29 is 9.59 Å². The Balaban J connectivity index is 2.73. The molecule has 0 aliphatic rings. The van der Waals surface area contributed by atoms with Crippen molar-refractivity contribution in [3.05, 3.63) is 18.0 Å². The van der Waals surface area contributed by atoms with Gasteiger partial charge in [0.05, 0.1) is 5.69 Å². The summed E-state index contributed by atoms with van der Waals surface area (Å²) in [5, 5.41) is 8.22. The zero-order chi connectivity index (χ0) is 14.6. The van der Waals surface area contributed by atoms with E-state index in [4.69, 9.17) is 0 Å². The topological polar surface area (TPSA) is 75.2 Å². The predicted molar refractivity (Wildman–Crippen MR) is 75.3 cm³/mol. The van der Waals surface area contributed by atoms with E-state index in [1.54, 1.807) is 23.9 Å². The minimum absolute atomic E-state index is 0.0624. The molecule has 0 aliphatic heterocycles. The van der Waals surface area contributed by atoms with Gasteiger partial charge in [-0.2, -0.15) is 0 Å². The van der Waals surface area contributed by atoms with Crippen LogP contribution in [-0.4, -0.2) is 28.6 Å². The largest absolute Gasteiger partial charge is 0.349 e. The fourth-order valence-electron chi connectivity index (χ4n) is 1.62. The predicted octanol–water partition coefficient (Wildman–Crippen LogP) is 1.69. The molecule has 1 aromatic rings. The lowest BCUT2D eigenvalue weighted by atomic mass is 10.3. The standard InChI is InChI=1S/C13H22N4O2/c1-8(2)14-12(18)11-6-10(7-17(11)5)16-13(19)15-9(3)4/h6-9H,1-5H3,(H,14,18)(H2,15,16,19). The molecule has 0 unspecified atom stereocenters. The van der Waals surface area contributed by atoms with E-state index in [1.807, 2.05) is 27.7 Å². The third kappa shape index (κ3) is 4.65. The Labute approximate surface area is 113 Å². The quantitative estimate of drug-likeness (QED) is 0.775. The second-order valence-electron chi connectivity index (χ2n) is 5.11. The maximum absolute atomic E-state index is 11.9. The van der Waals surface area contributed by atoms with Crippen molar-refractivity contribution in [3.63, 3.8) is 0 Å². The summed E-state index contributed by atoms with van der Waals surface area (Å²) < 4.78 is 1.68. The molecule has 106 valence electrons. The van der Waals surface area contributed by atoms with Crippen molar-refractivity contribution in [2.45, 2.75) is 39.8 Å². The maximum atomic E-state index is 11.9. The Hall–Kier alpha value is -1.98. The van der Waals surface area contributed by atoms with Crippen LogP contribution in [0.3, 0.4) is 0 Å². The number of carbonyl (C=O) groups is 2. The summed E-state index contributed by atoms with van der Waals surface area (Å²) in [6.45, 7) is 7.56. The lowest BCUT2D eigenvalue weighted by Gasteiger charge is -2.08. The Kier molecular flexibility index (Phi) is 4.97. The highest BCUT2D eigenvalue weighted by atomic mass is 16.2. The lowest BCUT2D eigenvalue weighted by Crippen LogP contribution is -2.34. The molecule has 0 aromatic carbocycles. The number of nitrogens with one attached hydrogen (secondary N) is 3. The SMILES string of the molecule is CC(C)NC(=O)Nc1cc(C(=O)NC(C)C)n(C)c1. The summed E-state index contributed by atoms with van der Waals surface area (Å²) in [5.41, 5.74) is 1.10. The van der Waals surface area contributed by atoms with E-state index < -0.39 is 0 Å². The van der Waals surface area contributed by atoms with Gasteiger partial charge in [-0.3, -0.25) is 4.79 Å². The fourth-order valence-corrected chi connectivity index (χ4v) is 1.62. The first-order valence-electron chi connectivity index (χ1n) is 6.34. The van der Waals surface area contributed by atoms with Gasteiger partial charge >= 0.3 is 6.03 Å². The molecule has 0 aliphatic carbocycles. The molecule has 1 rings (SSSR count). The van der Waals surface area contributed by atoms with Crippen LogP contribution in [0.25, 0.3) is 0 Å². The lowest BCUT2D eigenvalue weighted by molar-refractivity contribution is 0.0935. The first-order chi connectivity index (χ1) is 8.79. The summed E-state index contributed by atoms with van der Waals surface area (Å²) >= 11 is 0. The molecule has 1 aromatic heterocycles. The molecule has 0 fully saturated rings. The number of carbonyl (C=O) groups excluding carboxylic acids is 2. The third-order valence-electron chi connectivity index (χ3n) is 2.33. The van der Waals surface area contributed by atoms with Crippen LogP contribution < -0.4 is 16.0 Å². The van der Waals surface area contributed by atoms with Gasteiger partial charge in [-0.15, -0.1) is 0 Å². The van der Waals surface area contributed by atoms with Crippen LogP contribution in [0.15, 0.2) is 12.3 Å². The number of nitrogens with zero attached hydrogens (tertiary/aromatic N) is 1. The maximum Gasteiger partial charge on any atom is 0.319 e. The number of aromatic nitrogens is 1. The monoisotopic (exact) mass is 266 g/mol. The summed E-state index contributed by atoms with van der Waals surface area (Å²) in [6, 6.07) is 1.50. The second-order valence-corrected chi connectivity index (χ2v) is 5.11. The minimum Gasteiger partial charge on any atom is -0.349 e. The Morgan fingerprint density at radius 2 is 1.68 bits per heavy atom. The minimum atomic E-state index is -0.281. The Morgan fingerprint density at radius 1 is 1.11 bits per heavy atom. The van der Waals surface area contributed by atoms with E-state index in [1.165, 1.54) is 0 Å². The van der Waals surface area contributed by atoms with E-state index in [-0.39, 0.29) is 24.0 Å². The van der Waals surface area contributed by atoms with Gasteiger partial charge < -0.3 is 20.5 Å². The Morgan fingerprint density at radius 3 is 2.21 bits per heavy atom. The number of aryl methyl sites for hydroxylation is 1. The first kappa shape index (κ1) is 15.1. The smallest absolute Gasteiger partial charge is 0.319 e. The summed E-state index contributed by atoms with van der Waals surface area (Å²) in [4.78, 5) is 23.5. The van der Waals surface area contributed by atoms with Crippen LogP contribution in [0.2, 0.25) is 0 Å². The molecule has 0 spiro atoms. The van der Waals surface area contributed by atoms with Gasteiger partial charge in [0.15, 0.2) is 0 Å². The number of urea groups is 1. The van der Waals surface area contributed by atoms with Gasteiger partial charge in [0, 0.05) is 25.3 Å². The van der Waals surface area contributed by atoms with Crippen molar-refractivity contribution in [1.29, 1.82) is 0 Å². The molecule has 1 heterocycles. The number of hydrogen-bond donors (Lipinski definition) is 3. The molecule has 6 heteroatoms. The van der Waals surface area contributed by atoms with E-state index >= 15 is 0 Å². The van der Waals surface area contributed by atoms with Gasteiger partial charge in [-0.25, -0.2) is 4.79 Å². The first-order valence-corrected chi connectivity index (χ1v) is 6.34. The summed E-state index contributed by atoms with van der Waals surface area (Å²) in [5.74, 6) is -0.158. The zero-order valence-corrected chi connectivity index (χ0v) is 12.1. The molecule has 0 saturated carbocycles. The van der Waals surface area contributed by atoms with Crippen LogP contribution in [0.5, 0.6) is 0 Å². The average molecular weight is 266 g/mol. The molecule has 0 atom stereocenters. The Bertz CT molecular complexity index is 463. The second kappa shape index (κ2) is 6.26. The van der Waals surface area contributed by atoms with Gasteiger partial charge in [0.1, 0.15) is 5.69 Å². The van der Waals surface area contributed by atoms with Crippen LogP contribution in [0.1, 0.15) is 38.2 Å².